The Bertz CT molecular complexity index is 3190. The maximum absolute atomic E-state index is 5.21. The van der Waals surface area contributed by atoms with Crippen molar-refractivity contribution in [2.45, 2.75) is 26.2 Å². The number of nitrogens with zero attached hydrogens (tertiary/aromatic N) is 3. The van der Waals surface area contributed by atoms with Gasteiger partial charge in [-0.15, -0.1) is 0 Å². The van der Waals surface area contributed by atoms with Crippen LogP contribution in [0.3, 0.4) is 0 Å². The third-order valence-electron chi connectivity index (χ3n) is 11.7. The predicted molar refractivity (Wildman–Crippen MR) is 260 cm³/mol. The third-order valence-corrected chi connectivity index (χ3v) is 11.7. The lowest BCUT2D eigenvalue weighted by atomic mass is 9.86. The van der Waals surface area contributed by atoms with E-state index in [1.54, 1.807) is 0 Å². The van der Waals surface area contributed by atoms with E-state index in [-0.39, 0.29) is 5.41 Å². The van der Waals surface area contributed by atoms with Crippen molar-refractivity contribution in [3.05, 3.63) is 224 Å². The molecular formula is C59H45N3. The molecule has 0 spiro atoms. The first-order chi connectivity index (χ1) is 30.3. The molecule has 3 heteroatoms. The Kier molecular flexibility index (Phi) is 10.1. The van der Waals surface area contributed by atoms with Crippen LogP contribution in [0.5, 0.6) is 0 Å². The van der Waals surface area contributed by atoms with Gasteiger partial charge in [-0.3, -0.25) is 0 Å². The molecule has 0 N–H and O–H groups in total. The number of fused-ring (bicyclic) bond motifs is 1. The first-order valence-electron chi connectivity index (χ1n) is 21.3. The highest BCUT2D eigenvalue weighted by Gasteiger charge is 2.16. The molecule has 0 unspecified atom stereocenters. The van der Waals surface area contributed by atoms with E-state index in [1.165, 1.54) is 44.2 Å². The van der Waals surface area contributed by atoms with E-state index in [4.69, 9.17) is 15.0 Å². The lowest BCUT2D eigenvalue weighted by Gasteiger charge is -2.19. The van der Waals surface area contributed by atoms with E-state index in [0.717, 1.165) is 44.5 Å². The van der Waals surface area contributed by atoms with Crippen LogP contribution in [0.15, 0.2) is 218 Å². The largest absolute Gasteiger partial charge is 0.208 e. The summed E-state index contributed by atoms with van der Waals surface area (Å²) in [5.74, 6) is 1.87. The van der Waals surface area contributed by atoms with Crippen molar-refractivity contribution < 1.29 is 0 Å². The molecule has 296 valence electrons. The summed E-state index contributed by atoms with van der Waals surface area (Å²) in [5, 5.41) is 2.42. The van der Waals surface area contributed by atoms with E-state index in [2.05, 4.69) is 239 Å². The van der Waals surface area contributed by atoms with Crippen molar-refractivity contribution in [3.8, 4) is 89.8 Å². The summed E-state index contributed by atoms with van der Waals surface area (Å²) in [6.07, 6.45) is 0. The van der Waals surface area contributed by atoms with Crippen LogP contribution in [0.2, 0.25) is 0 Å². The minimum atomic E-state index is 0.105. The fourth-order valence-corrected chi connectivity index (χ4v) is 8.27. The fourth-order valence-electron chi connectivity index (χ4n) is 8.27. The Balaban J connectivity index is 1.05. The van der Waals surface area contributed by atoms with E-state index >= 15 is 0 Å². The highest BCUT2D eigenvalue weighted by molar-refractivity contribution is 5.97. The maximum Gasteiger partial charge on any atom is 0.164 e. The summed E-state index contributed by atoms with van der Waals surface area (Å²) in [7, 11) is 0. The molecule has 0 atom stereocenters. The van der Waals surface area contributed by atoms with Gasteiger partial charge in [0.15, 0.2) is 17.5 Å². The van der Waals surface area contributed by atoms with Crippen molar-refractivity contribution in [2.24, 2.45) is 0 Å². The molecule has 0 fully saturated rings. The number of hydrogen-bond acceptors (Lipinski definition) is 3. The molecule has 10 aromatic rings. The van der Waals surface area contributed by atoms with E-state index in [0.29, 0.717) is 17.5 Å². The average molecular weight is 796 g/mol. The minimum Gasteiger partial charge on any atom is -0.208 e. The van der Waals surface area contributed by atoms with Gasteiger partial charge in [-0.2, -0.15) is 0 Å². The summed E-state index contributed by atoms with van der Waals surface area (Å²) in [4.78, 5) is 15.6. The highest BCUT2D eigenvalue weighted by atomic mass is 15.0. The molecule has 3 nitrogen and oxygen atoms in total. The van der Waals surface area contributed by atoms with Crippen LogP contribution in [0, 0.1) is 0 Å². The van der Waals surface area contributed by atoms with Crippen LogP contribution in [-0.2, 0) is 5.41 Å². The molecule has 62 heavy (non-hydrogen) atoms. The Morgan fingerprint density at radius 2 is 0.629 bits per heavy atom. The van der Waals surface area contributed by atoms with Gasteiger partial charge in [0.05, 0.1) is 0 Å². The van der Waals surface area contributed by atoms with Gasteiger partial charge in [-0.05, 0) is 102 Å². The summed E-state index contributed by atoms with van der Waals surface area (Å²) in [5.41, 5.74) is 15.8. The molecule has 0 saturated carbocycles. The highest BCUT2D eigenvalue weighted by Crippen LogP contribution is 2.35. The van der Waals surface area contributed by atoms with Crippen LogP contribution >= 0.6 is 0 Å². The minimum absolute atomic E-state index is 0.105. The quantitative estimate of drug-likeness (QED) is 0.154. The fraction of sp³-hybridized carbons (Fsp3) is 0.0678. The molecule has 10 rings (SSSR count). The van der Waals surface area contributed by atoms with Crippen molar-refractivity contribution in [1.82, 2.24) is 15.0 Å². The Morgan fingerprint density at radius 3 is 1.19 bits per heavy atom. The van der Waals surface area contributed by atoms with Gasteiger partial charge in [0.2, 0.25) is 0 Å². The number of benzene rings is 9. The van der Waals surface area contributed by atoms with E-state index in [1.807, 2.05) is 0 Å². The van der Waals surface area contributed by atoms with Crippen LogP contribution in [-0.4, -0.2) is 15.0 Å². The van der Waals surface area contributed by atoms with Gasteiger partial charge in [0.1, 0.15) is 0 Å². The maximum atomic E-state index is 5.21. The first kappa shape index (κ1) is 38.5. The Labute approximate surface area is 364 Å². The lowest BCUT2D eigenvalue weighted by Crippen LogP contribution is -2.10. The topological polar surface area (TPSA) is 38.7 Å². The van der Waals surface area contributed by atoms with Gasteiger partial charge in [-0.25, -0.2) is 15.0 Å². The standard InChI is InChI=1S/C59H45N3/c1-59(2,3)53-34-32-42(33-35-53)47-20-10-21-48(37-47)49-22-11-24-51(38-49)57-60-56(44-30-28-41(29-31-44)46-19-9-18-45(36-46)40-14-5-4-6-15-40)61-58(62-57)52-25-12-23-50(39-52)55-27-13-17-43-16-7-8-26-54(43)55/h4-39H,1-3H3. The molecule has 1 aromatic heterocycles. The molecule has 0 aliphatic carbocycles. The number of hydrogen-bond donors (Lipinski definition) is 0. The zero-order valence-corrected chi connectivity index (χ0v) is 35.1. The Morgan fingerprint density at radius 1 is 0.274 bits per heavy atom. The summed E-state index contributed by atoms with van der Waals surface area (Å²) in [6, 6.07) is 77.6. The van der Waals surface area contributed by atoms with Gasteiger partial charge < -0.3 is 0 Å². The van der Waals surface area contributed by atoms with Crippen LogP contribution in [0.1, 0.15) is 26.3 Å². The molecule has 0 aliphatic heterocycles. The molecule has 0 aliphatic rings. The molecule has 9 aromatic carbocycles. The van der Waals surface area contributed by atoms with E-state index < -0.39 is 0 Å². The van der Waals surface area contributed by atoms with Crippen molar-refractivity contribution >= 4 is 10.8 Å². The van der Waals surface area contributed by atoms with Gasteiger partial charge in [-0.1, -0.05) is 215 Å². The second kappa shape index (κ2) is 16.4. The second-order valence-electron chi connectivity index (χ2n) is 16.9. The first-order valence-corrected chi connectivity index (χ1v) is 21.3. The monoisotopic (exact) mass is 795 g/mol. The third kappa shape index (κ3) is 7.97. The van der Waals surface area contributed by atoms with Crippen LogP contribution < -0.4 is 0 Å². The summed E-state index contributed by atoms with van der Waals surface area (Å²) in [6.45, 7) is 6.75. The molecule has 0 radical (unpaired) electrons. The number of rotatable bonds is 8. The zero-order valence-electron chi connectivity index (χ0n) is 35.1. The molecular weight excluding hydrogens is 751 g/mol. The molecule has 0 bridgehead atoms. The van der Waals surface area contributed by atoms with Crippen molar-refractivity contribution in [3.63, 3.8) is 0 Å². The summed E-state index contributed by atoms with van der Waals surface area (Å²) >= 11 is 0. The van der Waals surface area contributed by atoms with Gasteiger partial charge >= 0.3 is 0 Å². The molecule has 0 saturated heterocycles. The molecule has 0 amide bonds. The second-order valence-corrected chi connectivity index (χ2v) is 16.9. The smallest absolute Gasteiger partial charge is 0.164 e. The summed E-state index contributed by atoms with van der Waals surface area (Å²) < 4.78 is 0. The lowest BCUT2D eigenvalue weighted by molar-refractivity contribution is 0.590. The van der Waals surface area contributed by atoms with Crippen molar-refractivity contribution in [2.75, 3.05) is 0 Å². The normalized spacial score (nSPS) is 11.5. The van der Waals surface area contributed by atoms with Gasteiger partial charge in [0, 0.05) is 16.7 Å². The SMILES string of the molecule is CC(C)(C)c1ccc(-c2cccc(-c3cccc(-c4nc(-c5ccc(-c6cccc(-c7ccccc7)c6)cc5)nc(-c5cccc(-c6cccc7ccccc67)c5)n4)c3)c2)cc1. The average Bonchev–Trinajstić information content (AvgIpc) is 3.34. The zero-order chi connectivity index (χ0) is 42.0. The van der Waals surface area contributed by atoms with Crippen LogP contribution in [0.4, 0.5) is 0 Å². The Hall–Kier alpha value is -7.75. The van der Waals surface area contributed by atoms with Crippen molar-refractivity contribution in [1.29, 1.82) is 0 Å². The van der Waals surface area contributed by atoms with E-state index in [9.17, 15) is 0 Å². The molecule has 1 heterocycles. The number of aromatic nitrogens is 3. The van der Waals surface area contributed by atoms with Gasteiger partial charge in [0.25, 0.3) is 0 Å². The van der Waals surface area contributed by atoms with Crippen LogP contribution in [0.25, 0.3) is 101 Å². The predicted octanol–water partition coefficient (Wildman–Crippen LogP) is 15.7.